The number of benzene rings is 1. The van der Waals surface area contributed by atoms with E-state index in [1.54, 1.807) is 0 Å². The second-order valence-electron chi connectivity index (χ2n) is 4.45. The standard InChI is InChI=1S/C14H21NO3/c1-11-6-8-12(9-7-11)14(18)15-10-4-2-3-5-13(16)17/h6-9,13,16-17H,2-5,10H2,1H3,(H,15,18). The number of unbranched alkanes of at least 4 members (excludes halogenated alkanes) is 2. The Bertz CT molecular complexity index is 360. The lowest BCUT2D eigenvalue weighted by molar-refractivity contribution is -0.0465. The zero-order valence-corrected chi connectivity index (χ0v) is 10.7. The van der Waals surface area contributed by atoms with Crippen LogP contribution in [0.15, 0.2) is 24.3 Å². The third-order valence-electron chi connectivity index (χ3n) is 2.74. The highest BCUT2D eigenvalue weighted by atomic mass is 16.5. The van der Waals surface area contributed by atoms with Gasteiger partial charge in [0.2, 0.25) is 0 Å². The van der Waals surface area contributed by atoms with E-state index in [1.807, 2.05) is 31.2 Å². The first-order valence-corrected chi connectivity index (χ1v) is 6.30. The first-order valence-electron chi connectivity index (χ1n) is 6.30. The number of hydrogen-bond acceptors (Lipinski definition) is 3. The second kappa shape index (κ2) is 7.84. The van der Waals surface area contributed by atoms with Crippen LogP contribution in [-0.2, 0) is 0 Å². The van der Waals surface area contributed by atoms with Gasteiger partial charge in [-0.15, -0.1) is 0 Å². The average molecular weight is 251 g/mol. The fraction of sp³-hybridized carbons (Fsp3) is 0.500. The lowest BCUT2D eigenvalue weighted by atomic mass is 10.1. The molecule has 18 heavy (non-hydrogen) atoms. The Morgan fingerprint density at radius 2 is 1.83 bits per heavy atom. The van der Waals surface area contributed by atoms with Gasteiger partial charge in [0, 0.05) is 12.1 Å². The van der Waals surface area contributed by atoms with Crippen molar-refractivity contribution in [1.29, 1.82) is 0 Å². The Morgan fingerprint density at radius 1 is 1.17 bits per heavy atom. The number of carbonyl (C=O) groups excluding carboxylic acids is 1. The normalized spacial score (nSPS) is 10.7. The summed E-state index contributed by atoms with van der Waals surface area (Å²) in [5.41, 5.74) is 1.81. The third-order valence-corrected chi connectivity index (χ3v) is 2.74. The summed E-state index contributed by atoms with van der Waals surface area (Å²) in [6, 6.07) is 7.45. The van der Waals surface area contributed by atoms with E-state index in [9.17, 15) is 4.79 Å². The summed E-state index contributed by atoms with van der Waals surface area (Å²) >= 11 is 0. The molecule has 0 unspecified atom stereocenters. The van der Waals surface area contributed by atoms with Gasteiger partial charge in [-0.1, -0.05) is 24.1 Å². The zero-order valence-electron chi connectivity index (χ0n) is 10.7. The summed E-state index contributed by atoms with van der Waals surface area (Å²) in [5.74, 6) is -0.0582. The van der Waals surface area contributed by atoms with Crippen molar-refractivity contribution in [2.45, 2.75) is 38.9 Å². The molecule has 0 radical (unpaired) electrons. The minimum Gasteiger partial charge on any atom is -0.368 e. The number of amides is 1. The molecule has 0 saturated carbocycles. The molecule has 1 aromatic rings. The number of aryl methyl sites for hydroxylation is 1. The molecule has 0 aliphatic carbocycles. The van der Waals surface area contributed by atoms with Crippen LogP contribution in [0.4, 0.5) is 0 Å². The summed E-state index contributed by atoms with van der Waals surface area (Å²) in [5, 5.41) is 20.2. The molecule has 0 aromatic heterocycles. The number of aliphatic hydroxyl groups is 2. The Kier molecular flexibility index (Phi) is 6.39. The molecule has 0 spiro atoms. The van der Waals surface area contributed by atoms with E-state index >= 15 is 0 Å². The van der Waals surface area contributed by atoms with Gasteiger partial charge in [0.05, 0.1) is 0 Å². The Balaban J connectivity index is 2.16. The monoisotopic (exact) mass is 251 g/mol. The fourth-order valence-electron chi connectivity index (χ4n) is 1.64. The molecule has 1 amide bonds. The van der Waals surface area contributed by atoms with Crippen LogP contribution < -0.4 is 5.32 Å². The van der Waals surface area contributed by atoms with E-state index < -0.39 is 6.29 Å². The molecule has 1 rings (SSSR count). The van der Waals surface area contributed by atoms with Gasteiger partial charge in [-0.25, -0.2) is 0 Å². The van der Waals surface area contributed by atoms with Crippen molar-refractivity contribution in [2.75, 3.05) is 6.54 Å². The molecule has 4 heteroatoms. The van der Waals surface area contributed by atoms with Crippen molar-refractivity contribution < 1.29 is 15.0 Å². The Hall–Kier alpha value is -1.39. The second-order valence-corrected chi connectivity index (χ2v) is 4.45. The van der Waals surface area contributed by atoms with Gasteiger partial charge >= 0.3 is 0 Å². The maximum Gasteiger partial charge on any atom is 0.251 e. The highest BCUT2D eigenvalue weighted by Crippen LogP contribution is 2.04. The minimum absolute atomic E-state index is 0.0582. The van der Waals surface area contributed by atoms with E-state index in [1.165, 1.54) is 0 Å². The first-order chi connectivity index (χ1) is 8.59. The molecule has 0 bridgehead atoms. The molecule has 0 aliphatic rings. The first kappa shape index (κ1) is 14.7. The summed E-state index contributed by atoms with van der Waals surface area (Å²) in [7, 11) is 0. The van der Waals surface area contributed by atoms with Crippen LogP contribution in [0.2, 0.25) is 0 Å². The highest BCUT2D eigenvalue weighted by Gasteiger charge is 2.03. The molecule has 0 saturated heterocycles. The number of carbonyl (C=O) groups is 1. The number of nitrogens with one attached hydrogen (secondary N) is 1. The molecule has 100 valence electrons. The van der Waals surface area contributed by atoms with Crippen molar-refractivity contribution in [1.82, 2.24) is 5.32 Å². The van der Waals surface area contributed by atoms with Crippen LogP contribution in [0.25, 0.3) is 0 Å². The molecule has 0 heterocycles. The Labute approximate surface area is 108 Å². The highest BCUT2D eigenvalue weighted by molar-refractivity contribution is 5.94. The van der Waals surface area contributed by atoms with E-state index in [0.29, 0.717) is 18.5 Å². The van der Waals surface area contributed by atoms with Gasteiger partial charge in [-0.3, -0.25) is 4.79 Å². The number of rotatable bonds is 7. The van der Waals surface area contributed by atoms with E-state index in [4.69, 9.17) is 10.2 Å². The third kappa shape index (κ3) is 5.80. The molecule has 4 nitrogen and oxygen atoms in total. The lowest BCUT2D eigenvalue weighted by Gasteiger charge is -2.06. The van der Waals surface area contributed by atoms with Gasteiger partial charge < -0.3 is 15.5 Å². The summed E-state index contributed by atoms with van der Waals surface area (Å²) in [6.45, 7) is 2.60. The van der Waals surface area contributed by atoms with Gasteiger partial charge in [0.1, 0.15) is 0 Å². The van der Waals surface area contributed by atoms with Crippen LogP contribution in [0.5, 0.6) is 0 Å². The SMILES string of the molecule is Cc1ccc(C(=O)NCCCCCC(O)O)cc1. The summed E-state index contributed by atoms with van der Waals surface area (Å²) in [4.78, 5) is 11.7. The summed E-state index contributed by atoms with van der Waals surface area (Å²) < 4.78 is 0. The topological polar surface area (TPSA) is 69.6 Å². The molecular weight excluding hydrogens is 230 g/mol. The van der Waals surface area contributed by atoms with Crippen molar-refractivity contribution in [3.05, 3.63) is 35.4 Å². The van der Waals surface area contributed by atoms with E-state index in [-0.39, 0.29) is 5.91 Å². The maximum atomic E-state index is 11.7. The average Bonchev–Trinajstić information content (AvgIpc) is 2.34. The largest absolute Gasteiger partial charge is 0.368 e. The molecular formula is C14H21NO3. The predicted molar refractivity (Wildman–Crippen MR) is 70.2 cm³/mol. The molecule has 0 atom stereocenters. The van der Waals surface area contributed by atoms with Gasteiger partial charge in [0.25, 0.3) is 5.91 Å². The van der Waals surface area contributed by atoms with Crippen molar-refractivity contribution in [2.24, 2.45) is 0 Å². The Morgan fingerprint density at radius 3 is 2.44 bits per heavy atom. The van der Waals surface area contributed by atoms with Crippen LogP contribution in [0.1, 0.15) is 41.6 Å². The minimum atomic E-state index is -1.22. The number of hydrogen-bond donors (Lipinski definition) is 3. The van der Waals surface area contributed by atoms with Crippen LogP contribution in [0.3, 0.4) is 0 Å². The molecule has 0 aliphatic heterocycles. The quantitative estimate of drug-likeness (QED) is 0.509. The maximum absolute atomic E-state index is 11.7. The van der Waals surface area contributed by atoms with Gasteiger partial charge in [-0.05, 0) is 38.3 Å². The van der Waals surface area contributed by atoms with Crippen molar-refractivity contribution >= 4 is 5.91 Å². The van der Waals surface area contributed by atoms with Crippen molar-refractivity contribution in [3.63, 3.8) is 0 Å². The molecule has 1 aromatic carbocycles. The smallest absolute Gasteiger partial charge is 0.251 e. The van der Waals surface area contributed by atoms with Crippen LogP contribution >= 0.6 is 0 Å². The zero-order chi connectivity index (χ0) is 13.4. The van der Waals surface area contributed by atoms with E-state index in [0.717, 1.165) is 24.8 Å². The molecule has 0 fully saturated rings. The molecule has 3 N–H and O–H groups in total. The van der Waals surface area contributed by atoms with Gasteiger partial charge in [-0.2, -0.15) is 0 Å². The van der Waals surface area contributed by atoms with Crippen molar-refractivity contribution in [3.8, 4) is 0 Å². The van der Waals surface area contributed by atoms with Gasteiger partial charge in [0.15, 0.2) is 6.29 Å². The van der Waals surface area contributed by atoms with Crippen LogP contribution in [0, 0.1) is 6.92 Å². The summed E-state index contributed by atoms with van der Waals surface area (Å²) in [6.07, 6.45) is 1.67. The fourth-order valence-corrected chi connectivity index (χ4v) is 1.64. The predicted octanol–water partition coefficient (Wildman–Crippen LogP) is 1.60. The van der Waals surface area contributed by atoms with Crippen LogP contribution in [-0.4, -0.2) is 29.0 Å². The van der Waals surface area contributed by atoms with E-state index in [2.05, 4.69) is 5.32 Å². The number of aliphatic hydroxyl groups excluding tert-OH is 1. The lowest BCUT2D eigenvalue weighted by Crippen LogP contribution is -2.24.